The summed E-state index contributed by atoms with van der Waals surface area (Å²) in [6, 6.07) is 15.8. The summed E-state index contributed by atoms with van der Waals surface area (Å²) in [7, 11) is 1.68. The van der Waals surface area contributed by atoms with E-state index in [0.717, 1.165) is 48.6 Å². The first-order valence-corrected chi connectivity index (χ1v) is 9.09. The van der Waals surface area contributed by atoms with Crippen molar-refractivity contribution in [2.75, 3.05) is 26.8 Å². The normalized spacial score (nSPS) is 13.7. The van der Waals surface area contributed by atoms with E-state index < -0.39 is 0 Å². The van der Waals surface area contributed by atoms with Gasteiger partial charge in [-0.25, -0.2) is 0 Å². The highest BCUT2D eigenvalue weighted by atomic mass is 16.5. The molecule has 1 amide bonds. The fourth-order valence-corrected chi connectivity index (χ4v) is 3.17. The van der Waals surface area contributed by atoms with E-state index >= 15 is 0 Å². The largest absolute Gasteiger partial charge is 0.496 e. The van der Waals surface area contributed by atoms with Gasteiger partial charge in [-0.3, -0.25) is 4.79 Å². The van der Waals surface area contributed by atoms with Crippen LogP contribution < -0.4 is 14.8 Å². The number of ether oxygens (including phenoxy) is 2. The summed E-state index contributed by atoms with van der Waals surface area (Å²) in [4.78, 5) is 14.0. The molecule has 5 heteroatoms. The van der Waals surface area contributed by atoms with E-state index in [4.69, 9.17) is 9.47 Å². The van der Waals surface area contributed by atoms with Crippen LogP contribution in [0.1, 0.15) is 24.0 Å². The number of para-hydroxylation sites is 2. The number of likely N-dealkylation sites (tertiary alicyclic amines) is 1. The van der Waals surface area contributed by atoms with Crippen molar-refractivity contribution in [2.24, 2.45) is 0 Å². The maximum atomic E-state index is 12.2. The quantitative estimate of drug-likeness (QED) is 0.792. The number of carbonyl (C=O) groups is 1. The number of amides is 1. The number of nitrogens with zero attached hydrogens (tertiary/aromatic N) is 1. The van der Waals surface area contributed by atoms with Crippen LogP contribution in [0, 0.1) is 0 Å². The Morgan fingerprint density at radius 2 is 1.54 bits per heavy atom. The van der Waals surface area contributed by atoms with Crippen LogP contribution >= 0.6 is 0 Å². The van der Waals surface area contributed by atoms with Gasteiger partial charge in [0.1, 0.15) is 11.5 Å². The Bertz CT molecular complexity index is 727. The van der Waals surface area contributed by atoms with Crippen LogP contribution in [0.2, 0.25) is 0 Å². The minimum atomic E-state index is 0.0688. The Morgan fingerprint density at radius 1 is 0.962 bits per heavy atom. The Kier molecular flexibility index (Phi) is 6.50. The van der Waals surface area contributed by atoms with E-state index in [1.165, 1.54) is 0 Å². The van der Waals surface area contributed by atoms with Crippen molar-refractivity contribution >= 4 is 5.91 Å². The highest BCUT2D eigenvalue weighted by Crippen LogP contribution is 2.20. The summed E-state index contributed by atoms with van der Waals surface area (Å²) >= 11 is 0. The SMILES string of the molecule is COc1ccccc1CNCc1ccccc1OCC(=O)N1CCCC1. The van der Waals surface area contributed by atoms with Gasteiger partial charge in [0.25, 0.3) is 5.91 Å². The van der Waals surface area contributed by atoms with Gasteiger partial charge in [0.2, 0.25) is 0 Å². The van der Waals surface area contributed by atoms with Crippen molar-refractivity contribution in [2.45, 2.75) is 25.9 Å². The number of hydrogen-bond acceptors (Lipinski definition) is 4. The molecule has 1 saturated heterocycles. The van der Waals surface area contributed by atoms with E-state index in [9.17, 15) is 4.79 Å². The van der Waals surface area contributed by atoms with Gasteiger partial charge >= 0.3 is 0 Å². The second-order valence-corrected chi connectivity index (χ2v) is 6.40. The lowest BCUT2D eigenvalue weighted by Crippen LogP contribution is -2.32. The molecule has 0 aliphatic carbocycles. The van der Waals surface area contributed by atoms with E-state index in [2.05, 4.69) is 5.32 Å². The van der Waals surface area contributed by atoms with Crippen molar-refractivity contribution < 1.29 is 14.3 Å². The van der Waals surface area contributed by atoms with E-state index in [0.29, 0.717) is 13.1 Å². The van der Waals surface area contributed by atoms with Crippen LogP contribution in [0.25, 0.3) is 0 Å². The molecule has 0 unspecified atom stereocenters. The minimum Gasteiger partial charge on any atom is -0.496 e. The summed E-state index contributed by atoms with van der Waals surface area (Å²) in [6.45, 7) is 3.16. The lowest BCUT2D eigenvalue weighted by Gasteiger charge is -2.17. The first-order chi connectivity index (χ1) is 12.8. The highest BCUT2D eigenvalue weighted by molar-refractivity contribution is 5.78. The van der Waals surface area contributed by atoms with Crippen LogP contribution in [-0.2, 0) is 17.9 Å². The summed E-state index contributed by atoms with van der Waals surface area (Å²) in [6.07, 6.45) is 2.18. The van der Waals surface area contributed by atoms with Crippen LogP contribution in [0.15, 0.2) is 48.5 Å². The molecule has 2 aromatic rings. The molecule has 1 N–H and O–H groups in total. The maximum absolute atomic E-state index is 12.2. The zero-order valence-corrected chi connectivity index (χ0v) is 15.2. The summed E-state index contributed by atoms with van der Waals surface area (Å²) < 4.78 is 11.2. The molecule has 3 rings (SSSR count). The second-order valence-electron chi connectivity index (χ2n) is 6.40. The van der Waals surface area contributed by atoms with Crippen molar-refractivity contribution in [3.63, 3.8) is 0 Å². The van der Waals surface area contributed by atoms with Gasteiger partial charge in [-0.1, -0.05) is 36.4 Å². The molecule has 1 aliphatic rings. The van der Waals surface area contributed by atoms with Gasteiger partial charge in [-0.2, -0.15) is 0 Å². The Hall–Kier alpha value is -2.53. The zero-order valence-electron chi connectivity index (χ0n) is 15.2. The van der Waals surface area contributed by atoms with Crippen LogP contribution in [0.5, 0.6) is 11.5 Å². The molecule has 0 saturated carbocycles. The summed E-state index contributed by atoms with van der Waals surface area (Å²) in [5, 5.41) is 3.42. The molecular weight excluding hydrogens is 328 g/mol. The van der Waals surface area contributed by atoms with Crippen LogP contribution in [0.4, 0.5) is 0 Å². The fourth-order valence-electron chi connectivity index (χ4n) is 3.17. The van der Waals surface area contributed by atoms with Gasteiger partial charge in [0, 0.05) is 37.3 Å². The van der Waals surface area contributed by atoms with Crippen LogP contribution in [-0.4, -0.2) is 37.6 Å². The number of hydrogen-bond donors (Lipinski definition) is 1. The van der Waals surface area contributed by atoms with Gasteiger partial charge in [0.15, 0.2) is 6.61 Å². The number of nitrogens with one attached hydrogen (secondary N) is 1. The molecule has 1 aliphatic heterocycles. The van der Waals surface area contributed by atoms with Gasteiger partial charge < -0.3 is 19.7 Å². The molecule has 0 radical (unpaired) electrons. The van der Waals surface area contributed by atoms with Crippen molar-refractivity contribution in [3.05, 3.63) is 59.7 Å². The second kappa shape index (κ2) is 9.25. The third-order valence-corrected chi connectivity index (χ3v) is 4.61. The van der Waals surface area contributed by atoms with Crippen molar-refractivity contribution in [1.82, 2.24) is 10.2 Å². The predicted molar refractivity (Wildman–Crippen MR) is 101 cm³/mol. The molecule has 1 heterocycles. The highest BCUT2D eigenvalue weighted by Gasteiger charge is 2.18. The molecule has 0 bridgehead atoms. The standard InChI is InChI=1S/C21H26N2O3/c1-25-19-10-4-2-8-17(19)14-22-15-18-9-3-5-11-20(18)26-16-21(24)23-12-6-7-13-23/h2-5,8-11,22H,6-7,12-16H2,1H3. The Balaban J connectivity index is 1.54. The molecule has 0 spiro atoms. The predicted octanol–water partition coefficient (Wildman–Crippen LogP) is 2.99. The molecule has 26 heavy (non-hydrogen) atoms. The lowest BCUT2D eigenvalue weighted by atomic mass is 10.1. The smallest absolute Gasteiger partial charge is 0.260 e. The van der Waals surface area contributed by atoms with E-state index in [-0.39, 0.29) is 12.5 Å². The van der Waals surface area contributed by atoms with Crippen LogP contribution in [0.3, 0.4) is 0 Å². The number of rotatable bonds is 8. The fraction of sp³-hybridized carbons (Fsp3) is 0.381. The first-order valence-electron chi connectivity index (χ1n) is 9.09. The lowest BCUT2D eigenvalue weighted by molar-refractivity contribution is -0.132. The minimum absolute atomic E-state index is 0.0688. The van der Waals surface area contributed by atoms with E-state index in [1.54, 1.807) is 7.11 Å². The number of carbonyl (C=O) groups excluding carboxylic acids is 1. The first kappa shape index (κ1) is 18.3. The maximum Gasteiger partial charge on any atom is 0.260 e. The Labute approximate surface area is 154 Å². The van der Waals surface area contributed by atoms with Crippen molar-refractivity contribution in [1.29, 1.82) is 0 Å². The average molecular weight is 354 g/mol. The Morgan fingerprint density at radius 3 is 2.19 bits per heavy atom. The molecule has 0 aromatic heterocycles. The third kappa shape index (κ3) is 4.76. The van der Waals surface area contributed by atoms with Gasteiger partial charge in [-0.15, -0.1) is 0 Å². The summed E-state index contributed by atoms with van der Waals surface area (Å²) in [5.41, 5.74) is 2.15. The number of methoxy groups -OCH3 is 1. The molecule has 0 atom stereocenters. The van der Waals surface area contributed by atoms with Crippen molar-refractivity contribution in [3.8, 4) is 11.5 Å². The molecule has 1 fully saturated rings. The molecule has 138 valence electrons. The molecular formula is C21H26N2O3. The average Bonchev–Trinajstić information content (AvgIpc) is 3.22. The van der Waals surface area contributed by atoms with E-state index in [1.807, 2.05) is 53.4 Å². The molecule has 5 nitrogen and oxygen atoms in total. The molecule has 2 aromatic carbocycles. The number of benzene rings is 2. The topological polar surface area (TPSA) is 50.8 Å². The van der Waals surface area contributed by atoms with Gasteiger partial charge in [0.05, 0.1) is 7.11 Å². The zero-order chi connectivity index (χ0) is 18.2. The summed E-state index contributed by atoms with van der Waals surface area (Å²) in [5.74, 6) is 1.70. The van der Waals surface area contributed by atoms with Gasteiger partial charge in [-0.05, 0) is 25.0 Å². The monoisotopic (exact) mass is 354 g/mol. The third-order valence-electron chi connectivity index (χ3n) is 4.61.